The molecule has 1 unspecified atom stereocenters. The van der Waals surface area contributed by atoms with Crippen molar-refractivity contribution < 1.29 is 23.1 Å². The molecule has 2 nitrogen and oxygen atoms in total. The fourth-order valence-corrected chi connectivity index (χ4v) is 3.94. The summed E-state index contributed by atoms with van der Waals surface area (Å²) in [4.78, 5) is 11.1. The summed E-state index contributed by atoms with van der Waals surface area (Å²) >= 11 is 5.61. The Bertz CT molecular complexity index is 1120. The van der Waals surface area contributed by atoms with Crippen molar-refractivity contribution in [3.63, 3.8) is 0 Å². The second-order valence-electron chi connectivity index (χ2n) is 6.25. The lowest BCUT2D eigenvalue weighted by atomic mass is 9.86. The van der Waals surface area contributed by atoms with Crippen LogP contribution < -0.4 is 5.11 Å². The van der Waals surface area contributed by atoms with Crippen molar-refractivity contribution in [3.05, 3.63) is 60.2 Å². The van der Waals surface area contributed by atoms with Gasteiger partial charge in [-0.3, -0.25) is 0 Å². The smallest absolute Gasteiger partial charge is 0.397 e. The molecule has 4 aromatic carbocycles. The second-order valence-corrected chi connectivity index (χ2v) is 6.72. The summed E-state index contributed by atoms with van der Waals surface area (Å²) in [6.07, 6.45) is -4.82. The van der Waals surface area contributed by atoms with E-state index in [1.165, 1.54) is 6.07 Å². The average molecular weight is 376 g/mol. The number of carboxylic acid groups (broad SMARTS) is 1. The van der Waals surface area contributed by atoms with Gasteiger partial charge in [0.1, 0.15) is 5.92 Å². The first-order valence-corrected chi connectivity index (χ1v) is 8.31. The maximum Gasteiger partial charge on any atom is 0.397 e. The minimum Gasteiger partial charge on any atom is -0.549 e. The number of halogens is 4. The first-order valence-electron chi connectivity index (χ1n) is 7.87. The molecule has 132 valence electrons. The summed E-state index contributed by atoms with van der Waals surface area (Å²) in [5.74, 6) is -4.31. The minimum absolute atomic E-state index is 0.160. The summed E-state index contributed by atoms with van der Waals surface area (Å²) in [7, 11) is 0. The summed E-state index contributed by atoms with van der Waals surface area (Å²) in [5, 5.41) is 13.3. The van der Waals surface area contributed by atoms with E-state index in [0.717, 1.165) is 21.5 Å². The van der Waals surface area contributed by atoms with Gasteiger partial charge in [-0.25, -0.2) is 0 Å². The van der Waals surface area contributed by atoms with Gasteiger partial charge in [-0.05, 0) is 37.9 Å². The fourth-order valence-electron chi connectivity index (χ4n) is 3.67. The molecule has 0 aliphatic heterocycles. The van der Waals surface area contributed by atoms with E-state index in [-0.39, 0.29) is 5.56 Å². The Morgan fingerprint density at radius 1 is 0.885 bits per heavy atom. The molecule has 0 amide bonds. The van der Waals surface area contributed by atoms with Crippen LogP contribution in [-0.4, -0.2) is 17.5 Å². The van der Waals surface area contributed by atoms with Gasteiger partial charge >= 0.3 is 6.18 Å². The maximum absolute atomic E-state index is 13.7. The molecule has 0 spiro atoms. The van der Waals surface area contributed by atoms with E-state index < -0.39 is 23.4 Å². The fraction of sp³-hybridized carbons (Fsp3) is 0.150. The normalized spacial score (nSPS) is 14.9. The van der Waals surface area contributed by atoms with E-state index in [4.69, 9.17) is 11.6 Å². The highest BCUT2D eigenvalue weighted by molar-refractivity contribution is 6.30. The van der Waals surface area contributed by atoms with Crippen LogP contribution in [0, 0.1) is 0 Å². The molecule has 0 aliphatic rings. The lowest BCUT2D eigenvalue weighted by Crippen LogP contribution is -2.41. The van der Waals surface area contributed by atoms with Crippen molar-refractivity contribution in [1.82, 2.24) is 0 Å². The third-order valence-electron chi connectivity index (χ3n) is 4.77. The third-order valence-corrected chi connectivity index (χ3v) is 5.20. The molecular formula is C20H11ClF3O2-. The lowest BCUT2D eigenvalue weighted by Gasteiger charge is -2.27. The number of rotatable bonds is 3. The van der Waals surface area contributed by atoms with E-state index in [9.17, 15) is 23.1 Å². The van der Waals surface area contributed by atoms with Crippen LogP contribution in [0.3, 0.4) is 0 Å². The van der Waals surface area contributed by atoms with Crippen LogP contribution in [0.25, 0.3) is 32.3 Å². The zero-order chi connectivity index (χ0) is 18.6. The molecule has 0 aliphatic carbocycles. The molecule has 2 atom stereocenters. The second kappa shape index (κ2) is 5.74. The Hall–Kier alpha value is -2.53. The van der Waals surface area contributed by atoms with Crippen molar-refractivity contribution in [2.24, 2.45) is 0 Å². The predicted octanol–water partition coefficient (Wildman–Crippen LogP) is 4.59. The topological polar surface area (TPSA) is 40.1 Å². The molecule has 6 heteroatoms. The molecule has 0 aromatic heterocycles. The van der Waals surface area contributed by atoms with Gasteiger partial charge in [0, 0.05) is 0 Å². The van der Waals surface area contributed by atoms with Crippen LogP contribution in [0.5, 0.6) is 0 Å². The van der Waals surface area contributed by atoms with Crippen molar-refractivity contribution >= 4 is 49.9 Å². The number of carbonyl (C=O) groups excluding carboxylic acids is 1. The van der Waals surface area contributed by atoms with Crippen LogP contribution in [-0.2, 0) is 4.79 Å². The van der Waals surface area contributed by atoms with Gasteiger partial charge in [0.25, 0.3) is 0 Å². The summed E-state index contributed by atoms with van der Waals surface area (Å²) in [6, 6.07) is 15.6. The Balaban J connectivity index is 2.11. The van der Waals surface area contributed by atoms with Gasteiger partial charge in [-0.15, -0.1) is 11.6 Å². The van der Waals surface area contributed by atoms with Crippen molar-refractivity contribution in [1.29, 1.82) is 0 Å². The van der Waals surface area contributed by atoms with Crippen molar-refractivity contribution in [3.8, 4) is 0 Å². The van der Waals surface area contributed by atoms with E-state index in [1.54, 1.807) is 18.2 Å². The molecule has 0 saturated carbocycles. The van der Waals surface area contributed by atoms with Crippen molar-refractivity contribution in [2.75, 3.05) is 0 Å². The monoisotopic (exact) mass is 375 g/mol. The number of alkyl halides is 4. The Morgan fingerprint density at radius 3 is 2.00 bits per heavy atom. The molecule has 0 N–H and O–H groups in total. The van der Waals surface area contributed by atoms with Gasteiger partial charge in [-0.1, -0.05) is 54.6 Å². The van der Waals surface area contributed by atoms with Crippen LogP contribution in [0.4, 0.5) is 13.2 Å². The van der Waals surface area contributed by atoms with Gasteiger partial charge in [0.2, 0.25) is 0 Å². The Kier molecular flexibility index (Phi) is 3.74. The highest BCUT2D eigenvalue weighted by Gasteiger charge is 2.46. The van der Waals surface area contributed by atoms with Gasteiger partial charge in [-0.2, -0.15) is 13.2 Å². The molecule has 4 aromatic rings. The molecule has 26 heavy (non-hydrogen) atoms. The highest BCUT2D eigenvalue weighted by atomic mass is 35.5. The van der Waals surface area contributed by atoms with Crippen LogP contribution in [0.2, 0.25) is 0 Å². The van der Waals surface area contributed by atoms with Crippen LogP contribution in [0.1, 0.15) is 11.5 Å². The first kappa shape index (κ1) is 16.9. The summed E-state index contributed by atoms with van der Waals surface area (Å²) in [6.45, 7) is 0. The zero-order valence-electron chi connectivity index (χ0n) is 13.2. The Morgan fingerprint density at radius 2 is 1.42 bits per heavy atom. The summed E-state index contributed by atoms with van der Waals surface area (Å²) < 4.78 is 41.0. The average Bonchev–Trinajstić information content (AvgIpc) is 2.59. The van der Waals surface area contributed by atoms with Gasteiger partial charge in [0.05, 0.1) is 11.3 Å². The molecule has 0 radical (unpaired) electrons. The molecular weight excluding hydrogens is 365 g/mol. The lowest BCUT2D eigenvalue weighted by molar-refractivity contribution is -0.308. The number of benzene rings is 4. The first-order chi connectivity index (χ1) is 12.3. The van der Waals surface area contributed by atoms with E-state index in [2.05, 4.69) is 0 Å². The largest absolute Gasteiger partial charge is 0.549 e. The number of hydrogen-bond acceptors (Lipinski definition) is 2. The molecule has 0 saturated heterocycles. The molecule has 0 bridgehead atoms. The van der Waals surface area contributed by atoms with E-state index in [0.29, 0.717) is 10.8 Å². The number of carboxylic acids is 1. The molecule has 0 heterocycles. The number of aliphatic carboxylic acids is 1. The summed E-state index contributed by atoms with van der Waals surface area (Å²) in [5.41, 5.74) is -0.160. The highest BCUT2D eigenvalue weighted by Crippen LogP contribution is 2.45. The number of hydrogen-bond donors (Lipinski definition) is 0. The zero-order valence-corrected chi connectivity index (χ0v) is 13.9. The quantitative estimate of drug-likeness (QED) is 0.388. The Labute approximate surface area is 151 Å². The standard InChI is InChI=1S/C20H12ClF3O2/c21-18(19(25)26)17(20(22,23)24)14-9-7-12-5-4-10-2-1-3-11-6-8-13(14)16(12)15(10)11/h1-9,17-18H,(H,25,26)/p-1/t17-,18?/m0/s1. The molecule has 4 rings (SSSR count). The van der Waals surface area contributed by atoms with Crippen LogP contribution >= 0.6 is 11.6 Å². The maximum atomic E-state index is 13.7. The predicted molar refractivity (Wildman–Crippen MR) is 93.6 cm³/mol. The molecule has 0 fully saturated rings. The minimum atomic E-state index is -4.82. The van der Waals surface area contributed by atoms with E-state index >= 15 is 0 Å². The number of carbonyl (C=O) groups is 1. The van der Waals surface area contributed by atoms with Gasteiger partial charge < -0.3 is 9.90 Å². The van der Waals surface area contributed by atoms with Gasteiger partial charge in [0.15, 0.2) is 0 Å². The van der Waals surface area contributed by atoms with Crippen molar-refractivity contribution in [2.45, 2.75) is 17.5 Å². The third kappa shape index (κ3) is 2.46. The van der Waals surface area contributed by atoms with Crippen LogP contribution in [0.15, 0.2) is 54.6 Å². The van der Waals surface area contributed by atoms with E-state index in [1.807, 2.05) is 30.3 Å². The SMILES string of the molecule is O=C([O-])C(Cl)[C@H](c1ccc2ccc3cccc4ccc1c2c34)C(F)(F)F.